The molecule has 2 amide bonds. The van der Waals surface area contributed by atoms with Gasteiger partial charge in [0.05, 0.1) is 13.7 Å². The molecule has 0 saturated carbocycles. The summed E-state index contributed by atoms with van der Waals surface area (Å²) in [5.41, 5.74) is 0.767. The van der Waals surface area contributed by atoms with E-state index >= 15 is 0 Å². The number of carbonyl (C=O) groups is 2. The van der Waals surface area contributed by atoms with Crippen molar-refractivity contribution < 1.29 is 23.6 Å². The van der Waals surface area contributed by atoms with Crippen LogP contribution >= 0.6 is 0 Å². The molecule has 28 heavy (non-hydrogen) atoms. The van der Waals surface area contributed by atoms with E-state index in [0.29, 0.717) is 30.4 Å². The summed E-state index contributed by atoms with van der Waals surface area (Å²) in [5, 5.41) is 6.65. The second-order valence-corrected chi connectivity index (χ2v) is 6.36. The van der Waals surface area contributed by atoms with E-state index in [1.807, 2.05) is 24.3 Å². The maximum atomic E-state index is 12.6. The summed E-state index contributed by atoms with van der Waals surface area (Å²) in [6.07, 6.45) is 2.54. The molecule has 0 aliphatic carbocycles. The fraction of sp³-hybridized carbons (Fsp3) is 0.474. The number of hydrogen-bond acceptors (Lipinski definition) is 7. The number of amides is 2. The molecule has 3 rings (SSSR count). The molecule has 2 aromatic rings. The third-order valence-corrected chi connectivity index (χ3v) is 4.51. The van der Waals surface area contributed by atoms with E-state index in [4.69, 9.17) is 14.0 Å². The molecule has 1 unspecified atom stereocenters. The van der Waals surface area contributed by atoms with Gasteiger partial charge in [-0.25, -0.2) is 4.79 Å². The predicted molar refractivity (Wildman–Crippen MR) is 99.6 cm³/mol. The fourth-order valence-electron chi connectivity index (χ4n) is 3.14. The molecule has 1 fully saturated rings. The Morgan fingerprint density at radius 2 is 2.21 bits per heavy atom. The van der Waals surface area contributed by atoms with Crippen molar-refractivity contribution in [1.82, 2.24) is 20.4 Å². The summed E-state index contributed by atoms with van der Waals surface area (Å²) in [6, 6.07) is 6.68. The normalized spacial score (nSPS) is 16.5. The van der Waals surface area contributed by atoms with Crippen LogP contribution in [0.5, 0.6) is 5.75 Å². The third-order valence-electron chi connectivity index (χ3n) is 4.51. The molecular weight excluding hydrogens is 364 g/mol. The van der Waals surface area contributed by atoms with Gasteiger partial charge in [0.25, 0.3) is 0 Å². The van der Waals surface area contributed by atoms with Crippen LogP contribution in [0.2, 0.25) is 0 Å². The van der Waals surface area contributed by atoms with E-state index in [9.17, 15) is 9.59 Å². The standard InChI is InChI=1S/C19H24N4O5/c1-3-27-16(24)12-20-19(25)23-10-5-4-9-15(23)18-21-17(22-28-18)13-7-6-8-14(11-13)26-2/h6-8,11,15H,3-5,9-10,12H2,1-2H3,(H,20,25). The smallest absolute Gasteiger partial charge is 0.325 e. The highest BCUT2D eigenvalue weighted by atomic mass is 16.5. The summed E-state index contributed by atoms with van der Waals surface area (Å²) in [7, 11) is 1.59. The molecular formula is C19H24N4O5. The second-order valence-electron chi connectivity index (χ2n) is 6.36. The van der Waals surface area contributed by atoms with Crippen LogP contribution in [0.1, 0.15) is 38.1 Å². The number of likely N-dealkylation sites (tertiary alicyclic amines) is 1. The van der Waals surface area contributed by atoms with E-state index in [-0.39, 0.29) is 25.2 Å². The van der Waals surface area contributed by atoms with Crippen LogP contribution in [-0.2, 0) is 9.53 Å². The minimum absolute atomic E-state index is 0.172. The lowest BCUT2D eigenvalue weighted by atomic mass is 10.0. The first-order valence-corrected chi connectivity index (χ1v) is 9.30. The number of nitrogens with one attached hydrogen (secondary N) is 1. The predicted octanol–water partition coefficient (Wildman–Crippen LogP) is 2.54. The molecule has 1 aromatic carbocycles. The van der Waals surface area contributed by atoms with Gasteiger partial charge in [0, 0.05) is 12.1 Å². The molecule has 1 atom stereocenters. The van der Waals surface area contributed by atoms with Gasteiger partial charge in [0.1, 0.15) is 18.3 Å². The fourth-order valence-corrected chi connectivity index (χ4v) is 3.14. The highest BCUT2D eigenvalue weighted by Gasteiger charge is 2.32. The van der Waals surface area contributed by atoms with Crippen molar-refractivity contribution in [2.75, 3.05) is 26.8 Å². The Balaban J connectivity index is 1.72. The molecule has 9 nitrogen and oxygen atoms in total. The summed E-state index contributed by atoms with van der Waals surface area (Å²) in [4.78, 5) is 30.2. The first kappa shape index (κ1) is 19.7. The van der Waals surface area contributed by atoms with Gasteiger partial charge in [0.15, 0.2) is 0 Å². The van der Waals surface area contributed by atoms with Crippen LogP contribution in [0.4, 0.5) is 4.79 Å². The highest BCUT2D eigenvalue weighted by Crippen LogP contribution is 2.31. The van der Waals surface area contributed by atoms with Crippen LogP contribution in [0.25, 0.3) is 11.4 Å². The van der Waals surface area contributed by atoms with E-state index in [0.717, 1.165) is 18.4 Å². The Morgan fingerprint density at radius 3 is 3.00 bits per heavy atom. The average molecular weight is 388 g/mol. The van der Waals surface area contributed by atoms with Crippen molar-refractivity contribution >= 4 is 12.0 Å². The number of rotatable bonds is 6. The molecule has 0 spiro atoms. The number of urea groups is 1. The number of ether oxygens (including phenoxy) is 2. The number of esters is 1. The van der Waals surface area contributed by atoms with Crippen LogP contribution in [0, 0.1) is 0 Å². The number of piperidine rings is 1. The molecule has 1 aromatic heterocycles. The van der Waals surface area contributed by atoms with Crippen LogP contribution in [0.3, 0.4) is 0 Å². The molecule has 0 bridgehead atoms. The molecule has 1 aliphatic heterocycles. The first-order valence-electron chi connectivity index (χ1n) is 9.30. The number of methoxy groups -OCH3 is 1. The molecule has 0 radical (unpaired) electrons. The van der Waals surface area contributed by atoms with Crippen molar-refractivity contribution in [1.29, 1.82) is 0 Å². The van der Waals surface area contributed by atoms with Gasteiger partial charge in [-0.3, -0.25) is 4.79 Å². The van der Waals surface area contributed by atoms with Crippen LogP contribution < -0.4 is 10.1 Å². The van der Waals surface area contributed by atoms with Crippen molar-refractivity contribution in [2.24, 2.45) is 0 Å². The summed E-state index contributed by atoms with van der Waals surface area (Å²) in [5.74, 6) is 1.04. The summed E-state index contributed by atoms with van der Waals surface area (Å²) < 4.78 is 15.5. The van der Waals surface area contributed by atoms with Gasteiger partial charge >= 0.3 is 12.0 Å². The van der Waals surface area contributed by atoms with Gasteiger partial charge in [-0.1, -0.05) is 17.3 Å². The van der Waals surface area contributed by atoms with Gasteiger partial charge in [-0.05, 0) is 38.3 Å². The maximum Gasteiger partial charge on any atom is 0.325 e. The second kappa shape index (κ2) is 9.20. The largest absolute Gasteiger partial charge is 0.497 e. The minimum Gasteiger partial charge on any atom is -0.497 e. The zero-order chi connectivity index (χ0) is 19.9. The number of carbonyl (C=O) groups excluding carboxylic acids is 2. The quantitative estimate of drug-likeness (QED) is 0.758. The molecule has 1 aliphatic rings. The highest BCUT2D eigenvalue weighted by molar-refractivity contribution is 5.81. The number of nitrogens with zero attached hydrogens (tertiary/aromatic N) is 3. The van der Waals surface area contributed by atoms with Crippen LogP contribution in [0.15, 0.2) is 28.8 Å². The Hall–Kier alpha value is -3.10. The number of aromatic nitrogens is 2. The van der Waals surface area contributed by atoms with Gasteiger partial charge in [-0.15, -0.1) is 0 Å². The maximum absolute atomic E-state index is 12.6. The Kier molecular flexibility index (Phi) is 6.46. The molecule has 1 saturated heterocycles. The lowest BCUT2D eigenvalue weighted by Crippen LogP contribution is -2.46. The van der Waals surface area contributed by atoms with Gasteiger partial charge in [-0.2, -0.15) is 4.98 Å². The molecule has 1 N–H and O–H groups in total. The lowest BCUT2D eigenvalue weighted by Gasteiger charge is -2.33. The zero-order valence-electron chi connectivity index (χ0n) is 16.0. The number of benzene rings is 1. The minimum atomic E-state index is -0.470. The topological polar surface area (TPSA) is 107 Å². The molecule has 2 heterocycles. The van der Waals surface area contributed by atoms with Crippen molar-refractivity contribution in [3.05, 3.63) is 30.2 Å². The summed E-state index contributed by atoms with van der Waals surface area (Å²) in [6.45, 7) is 2.37. The van der Waals surface area contributed by atoms with Crippen molar-refractivity contribution in [3.8, 4) is 17.1 Å². The van der Waals surface area contributed by atoms with E-state index in [2.05, 4.69) is 15.5 Å². The Bertz CT molecular complexity index is 822. The van der Waals surface area contributed by atoms with Crippen molar-refractivity contribution in [3.63, 3.8) is 0 Å². The molecule has 9 heteroatoms. The Labute approximate surface area is 163 Å². The zero-order valence-corrected chi connectivity index (χ0v) is 16.0. The molecule has 150 valence electrons. The SMILES string of the molecule is CCOC(=O)CNC(=O)N1CCCCC1c1nc(-c2cccc(OC)c2)no1. The summed E-state index contributed by atoms with van der Waals surface area (Å²) >= 11 is 0. The Morgan fingerprint density at radius 1 is 1.36 bits per heavy atom. The third kappa shape index (κ3) is 4.59. The van der Waals surface area contributed by atoms with Crippen molar-refractivity contribution in [2.45, 2.75) is 32.2 Å². The van der Waals surface area contributed by atoms with E-state index in [1.165, 1.54) is 0 Å². The van der Waals surface area contributed by atoms with E-state index < -0.39 is 5.97 Å². The van der Waals surface area contributed by atoms with E-state index in [1.54, 1.807) is 18.9 Å². The van der Waals surface area contributed by atoms with Crippen LogP contribution in [-0.4, -0.2) is 53.8 Å². The van der Waals surface area contributed by atoms with Gasteiger partial charge in [0.2, 0.25) is 11.7 Å². The lowest BCUT2D eigenvalue weighted by molar-refractivity contribution is -0.141. The van der Waals surface area contributed by atoms with Gasteiger partial charge < -0.3 is 24.2 Å². The first-order chi connectivity index (χ1) is 13.6. The number of hydrogen-bond donors (Lipinski definition) is 1. The monoisotopic (exact) mass is 388 g/mol. The average Bonchev–Trinajstić information content (AvgIpc) is 3.22.